The van der Waals surface area contributed by atoms with Crippen molar-refractivity contribution in [2.75, 3.05) is 30.0 Å². The van der Waals surface area contributed by atoms with Gasteiger partial charge in [-0.2, -0.15) is 0 Å². The predicted octanol–water partition coefficient (Wildman–Crippen LogP) is 1.02. The molecule has 3 rings (SSSR count). The van der Waals surface area contributed by atoms with Gasteiger partial charge >= 0.3 is 0 Å². The molecule has 2 aliphatic heterocycles. The number of fused-ring (bicyclic) bond motifs is 1. The maximum absolute atomic E-state index is 12.1. The van der Waals surface area contributed by atoms with Gasteiger partial charge in [-0.25, -0.2) is 4.98 Å². The standard InChI is InChI=1S/C12H15N3O2/c16-11-8-14-12-10(2-1-5-13-12)15(11)9-3-6-17-7-4-9/h1-2,5,9H,3-4,6-8H2,(H,13,14). The molecule has 0 spiro atoms. The Kier molecular flexibility index (Phi) is 2.68. The van der Waals surface area contributed by atoms with Crippen LogP contribution in [0.5, 0.6) is 0 Å². The van der Waals surface area contributed by atoms with Crippen molar-refractivity contribution in [2.24, 2.45) is 0 Å². The summed E-state index contributed by atoms with van der Waals surface area (Å²) in [7, 11) is 0. The highest BCUT2D eigenvalue weighted by Gasteiger charge is 2.31. The molecule has 5 nitrogen and oxygen atoms in total. The zero-order chi connectivity index (χ0) is 11.7. The Morgan fingerprint density at radius 2 is 2.24 bits per heavy atom. The van der Waals surface area contributed by atoms with Gasteiger partial charge in [-0.15, -0.1) is 0 Å². The third kappa shape index (κ3) is 1.86. The third-order valence-electron chi connectivity index (χ3n) is 3.28. The maximum Gasteiger partial charge on any atom is 0.246 e. The number of nitrogens with one attached hydrogen (secondary N) is 1. The highest BCUT2D eigenvalue weighted by atomic mass is 16.5. The van der Waals surface area contributed by atoms with Gasteiger partial charge in [0.05, 0.1) is 12.2 Å². The van der Waals surface area contributed by atoms with E-state index in [9.17, 15) is 4.79 Å². The number of ether oxygens (including phenoxy) is 1. The second kappa shape index (κ2) is 4.33. The second-order valence-electron chi connectivity index (χ2n) is 4.33. The third-order valence-corrected chi connectivity index (χ3v) is 3.28. The van der Waals surface area contributed by atoms with Crippen LogP contribution in [0.15, 0.2) is 18.3 Å². The van der Waals surface area contributed by atoms with E-state index in [1.807, 2.05) is 17.0 Å². The topological polar surface area (TPSA) is 54.5 Å². The minimum atomic E-state index is 0.123. The largest absolute Gasteiger partial charge is 0.381 e. The molecule has 17 heavy (non-hydrogen) atoms. The van der Waals surface area contributed by atoms with Crippen molar-refractivity contribution in [3.05, 3.63) is 18.3 Å². The second-order valence-corrected chi connectivity index (χ2v) is 4.33. The van der Waals surface area contributed by atoms with E-state index in [4.69, 9.17) is 4.74 Å². The summed E-state index contributed by atoms with van der Waals surface area (Å²) in [6.07, 6.45) is 3.55. The van der Waals surface area contributed by atoms with Crippen LogP contribution in [-0.2, 0) is 9.53 Å². The fourth-order valence-electron chi connectivity index (χ4n) is 2.45. The van der Waals surface area contributed by atoms with Gasteiger partial charge in [0.2, 0.25) is 5.91 Å². The number of carbonyl (C=O) groups excluding carboxylic acids is 1. The highest BCUT2D eigenvalue weighted by molar-refractivity contribution is 6.02. The number of hydrogen-bond acceptors (Lipinski definition) is 4. The highest BCUT2D eigenvalue weighted by Crippen LogP contribution is 2.31. The summed E-state index contributed by atoms with van der Waals surface area (Å²) < 4.78 is 5.34. The van der Waals surface area contributed by atoms with Crippen LogP contribution in [0.3, 0.4) is 0 Å². The number of anilines is 2. The number of hydrogen-bond donors (Lipinski definition) is 1. The van der Waals surface area contributed by atoms with E-state index < -0.39 is 0 Å². The van der Waals surface area contributed by atoms with Gasteiger partial charge in [-0.05, 0) is 25.0 Å². The van der Waals surface area contributed by atoms with Crippen LogP contribution in [0.2, 0.25) is 0 Å². The molecule has 1 aromatic rings. The molecule has 0 aliphatic carbocycles. The van der Waals surface area contributed by atoms with Crippen LogP contribution in [-0.4, -0.2) is 36.7 Å². The van der Waals surface area contributed by atoms with Crippen LogP contribution in [0.1, 0.15) is 12.8 Å². The van der Waals surface area contributed by atoms with Gasteiger partial charge in [0.1, 0.15) is 5.82 Å². The zero-order valence-corrected chi connectivity index (χ0v) is 9.56. The fraction of sp³-hybridized carbons (Fsp3) is 0.500. The summed E-state index contributed by atoms with van der Waals surface area (Å²) in [6, 6.07) is 4.06. The Balaban J connectivity index is 1.94. The molecule has 2 aliphatic rings. The van der Waals surface area contributed by atoms with E-state index in [2.05, 4.69) is 10.3 Å². The molecule has 0 aromatic carbocycles. The number of rotatable bonds is 1. The molecule has 0 bridgehead atoms. The SMILES string of the molecule is O=C1CNc2ncccc2N1C1CCOCC1. The lowest BCUT2D eigenvalue weighted by molar-refractivity contribution is -0.118. The Morgan fingerprint density at radius 1 is 1.41 bits per heavy atom. The Bertz CT molecular complexity index is 430. The van der Waals surface area contributed by atoms with Gasteiger partial charge in [0.15, 0.2) is 0 Å². The van der Waals surface area contributed by atoms with Crippen LogP contribution in [0, 0.1) is 0 Å². The average Bonchev–Trinajstić information content (AvgIpc) is 2.39. The first-order valence-corrected chi connectivity index (χ1v) is 5.95. The quantitative estimate of drug-likeness (QED) is 0.786. The number of amides is 1. The average molecular weight is 233 g/mol. The number of pyridine rings is 1. The van der Waals surface area contributed by atoms with Crippen molar-refractivity contribution < 1.29 is 9.53 Å². The molecule has 0 saturated carbocycles. The fourth-order valence-corrected chi connectivity index (χ4v) is 2.45. The van der Waals surface area contributed by atoms with Gasteiger partial charge in [0, 0.05) is 25.5 Å². The molecule has 1 aromatic heterocycles. The Morgan fingerprint density at radius 3 is 3.06 bits per heavy atom. The first-order chi connectivity index (χ1) is 8.36. The molecule has 0 unspecified atom stereocenters. The van der Waals surface area contributed by atoms with Crippen molar-refractivity contribution in [3.63, 3.8) is 0 Å². The molecule has 0 atom stereocenters. The van der Waals surface area contributed by atoms with Crippen molar-refractivity contribution in [1.29, 1.82) is 0 Å². The van der Waals surface area contributed by atoms with E-state index >= 15 is 0 Å². The van der Waals surface area contributed by atoms with E-state index in [1.165, 1.54) is 0 Å². The summed E-state index contributed by atoms with van der Waals surface area (Å²) in [5.41, 5.74) is 0.899. The molecular weight excluding hydrogens is 218 g/mol. The van der Waals surface area contributed by atoms with Crippen LogP contribution >= 0.6 is 0 Å². The summed E-state index contributed by atoms with van der Waals surface area (Å²) >= 11 is 0. The first-order valence-electron chi connectivity index (χ1n) is 5.95. The van der Waals surface area contributed by atoms with Gasteiger partial charge < -0.3 is 15.0 Å². The minimum Gasteiger partial charge on any atom is -0.381 e. The van der Waals surface area contributed by atoms with Crippen molar-refractivity contribution in [2.45, 2.75) is 18.9 Å². The number of aromatic nitrogens is 1. The van der Waals surface area contributed by atoms with E-state index in [0.717, 1.165) is 37.6 Å². The molecular formula is C12H15N3O2. The summed E-state index contributed by atoms with van der Waals surface area (Å²) in [6.45, 7) is 1.80. The van der Waals surface area contributed by atoms with Crippen LogP contribution in [0.4, 0.5) is 11.5 Å². The van der Waals surface area contributed by atoms with Gasteiger partial charge in [-0.1, -0.05) is 0 Å². The summed E-state index contributed by atoms with van der Waals surface area (Å²) in [4.78, 5) is 18.2. The summed E-state index contributed by atoms with van der Waals surface area (Å²) in [5, 5.41) is 3.05. The van der Waals surface area contributed by atoms with E-state index in [1.54, 1.807) is 6.20 Å². The van der Waals surface area contributed by atoms with Crippen LogP contribution < -0.4 is 10.2 Å². The molecule has 3 heterocycles. The molecule has 1 fully saturated rings. The minimum absolute atomic E-state index is 0.123. The molecule has 1 saturated heterocycles. The Hall–Kier alpha value is -1.62. The van der Waals surface area contributed by atoms with Crippen molar-refractivity contribution in [1.82, 2.24) is 4.98 Å². The number of carbonyl (C=O) groups is 1. The molecule has 1 amide bonds. The molecule has 90 valence electrons. The van der Waals surface area contributed by atoms with E-state index in [0.29, 0.717) is 6.54 Å². The predicted molar refractivity (Wildman–Crippen MR) is 64.1 cm³/mol. The summed E-state index contributed by atoms with van der Waals surface area (Å²) in [5.74, 6) is 0.927. The normalized spacial score (nSPS) is 20.9. The lowest BCUT2D eigenvalue weighted by atomic mass is 10.1. The van der Waals surface area contributed by atoms with Crippen molar-refractivity contribution in [3.8, 4) is 0 Å². The zero-order valence-electron chi connectivity index (χ0n) is 9.56. The Labute approximate surface area is 99.8 Å². The first kappa shape index (κ1) is 10.5. The number of nitrogens with zero attached hydrogens (tertiary/aromatic N) is 2. The lowest BCUT2D eigenvalue weighted by Crippen LogP contribution is -2.48. The van der Waals surface area contributed by atoms with Crippen molar-refractivity contribution >= 4 is 17.4 Å². The van der Waals surface area contributed by atoms with Crippen LogP contribution in [0.25, 0.3) is 0 Å². The maximum atomic E-state index is 12.1. The van der Waals surface area contributed by atoms with Gasteiger partial charge in [0.25, 0.3) is 0 Å². The molecule has 1 N–H and O–H groups in total. The molecule has 5 heteroatoms. The monoisotopic (exact) mass is 233 g/mol. The lowest BCUT2D eigenvalue weighted by Gasteiger charge is -2.37. The molecule has 0 radical (unpaired) electrons. The van der Waals surface area contributed by atoms with E-state index in [-0.39, 0.29) is 11.9 Å². The smallest absolute Gasteiger partial charge is 0.246 e. The van der Waals surface area contributed by atoms with Gasteiger partial charge in [-0.3, -0.25) is 4.79 Å².